The third kappa shape index (κ3) is 3.56. The van der Waals surface area contributed by atoms with E-state index in [0.29, 0.717) is 19.1 Å². The number of H-pyrrole nitrogens is 1. The average molecular weight is 264 g/mol. The van der Waals surface area contributed by atoms with Gasteiger partial charge in [-0.15, -0.1) is 0 Å². The van der Waals surface area contributed by atoms with Crippen molar-refractivity contribution in [2.24, 2.45) is 0 Å². The van der Waals surface area contributed by atoms with Crippen LogP contribution in [0.3, 0.4) is 0 Å². The van der Waals surface area contributed by atoms with Crippen molar-refractivity contribution >= 4 is 5.91 Å². The molecule has 0 spiro atoms. The van der Waals surface area contributed by atoms with Crippen molar-refractivity contribution < 1.29 is 4.79 Å². The molecule has 2 rings (SSSR count). The first kappa shape index (κ1) is 14.1. The van der Waals surface area contributed by atoms with Gasteiger partial charge in [-0.1, -0.05) is 12.8 Å². The maximum absolute atomic E-state index is 12.2. The molecule has 5 nitrogen and oxygen atoms in total. The van der Waals surface area contributed by atoms with Gasteiger partial charge < -0.3 is 4.90 Å². The molecule has 0 aliphatic heterocycles. The van der Waals surface area contributed by atoms with Crippen LogP contribution in [0.1, 0.15) is 36.9 Å². The number of likely N-dealkylation sites (N-methyl/N-ethyl adjacent to an activating group) is 2. The summed E-state index contributed by atoms with van der Waals surface area (Å²) in [7, 11) is 3.92. The van der Waals surface area contributed by atoms with Gasteiger partial charge in [0.25, 0.3) is 0 Å². The second kappa shape index (κ2) is 6.19. The molecule has 1 aromatic rings. The number of nitrogens with zero attached hydrogens (tertiary/aromatic N) is 3. The normalized spacial score (nSPS) is 16.2. The predicted molar refractivity (Wildman–Crippen MR) is 74.7 cm³/mol. The SMILES string of the molecule is Cc1[nH]ncc1CN(C)C(=O)CN(C)C1CCCC1. The molecule has 0 aromatic carbocycles. The molecule has 0 atom stereocenters. The lowest BCUT2D eigenvalue weighted by atomic mass is 10.2. The van der Waals surface area contributed by atoms with Crippen LogP contribution in [-0.2, 0) is 11.3 Å². The Morgan fingerprint density at radius 2 is 2.11 bits per heavy atom. The maximum Gasteiger partial charge on any atom is 0.236 e. The Morgan fingerprint density at radius 1 is 1.42 bits per heavy atom. The Labute approximate surface area is 115 Å². The zero-order valence-corrected chi connectivity index (χ0v) is 12.1. The van der Waals surface area contributed by atoms with E-state index in [4.69, 9.17) is 0 Å². The van der Waals surface area contributed by atoms with Crippen LogP contribution < -0.4 is 0 Å². The van der Waals surface area contributed by atoms with Crippen molar-refractivity contribution in [3.05, 3.63) is 17.5 Å². The number of amides is 1. The first-order chi connectivity index (χ1) is 9.08. The molecule has 0 radical (unpaired) electrons. The minimum absolute atomic E-state index is 0.176. The number of hydrogen-bond acceptors (Lipinski definition) is 3. The highest BCUT2D eigenvalue weighted by Crippen LogP contribution is 2.22. The van der Waals surface area contributed by atoms with Crippen molar-refractivity contribution in [3.8, 4) is 0 Å². The van der Waals surface area contributed by atoms with Gasteiger partial charge in [0.2, 0.25) is 5.91 Å². The summed E-state index contributed by atoms with van der Waals surface area (Å²) < 4.78 is 0. The molecule has 1 fully saturated rings. The lowest BCUT2D eigenvalue weighted by Crippen LogP contribution is -2.40. The van der Waals surface area contributed by atoms with Crippen LogP contribution in [0.15, 0.2) is 6.20 Å². The second-order valence-electron chi connectivity index (χ2n) is 5.62. The van der Waals surface area contributed by atoms with Crippen molar-refractivity contribution in [2.75, 3.05) is 20.6 Å². The van der Waals surface area contributed by atoms with Crippen LogP contribution in [0.5, 0.6) is 0 Å². The highest BCUT2D eigenvalue weighted by atomic mass is 16.2. The van der Waals surface area contributed by atoms with Crippen LogP contribution in [0, 0.1) is 6.92 Å². The molecule has 1 N–H and O–H groups in total. The third-order valence-electron chi connectivity index (χ3n) is 4.10. The van der Waals surface area contributed by atoms with Crippen LogP contribution >= 0.6 is 0 Å². The van der Waals surface area contributed by atoms with Gasteiger partial charge in [-0.3, -0.25) is 14.8 Å². The molecule has 0 saturated heterocycles. The molecular weight excluding hydrogens is 240 g/mol. The Hall–Kier alpha value is -1.36. The monoisotopic (exact) mass is 264 g/mol. The van der Waals surface area contributed by atoms with E-state index in [9.17, 15) is 4.79 Å². The quantitative estimate of drug-likeness (QED) is 0.878. The van der Waals surface area contributed by atoms with Crippen molar-refractivity contribution in [1.82, 2.24) is 20.0 Å². The summed E-state index contributed by atoms with van der Waals surface area (Å²) in [4.78, 5) is 16.2. The topological polar surface area (TPSA) is 52.2 Å². The van der Waals surface area contributed by atoms with Gasteiger partial charge in [0, 0.05) is 30.9 Å². The first-order valence-corrected chi connectivity index (χ1v) is 7.01. The van der Waals surface area contributed by atoms with E-state index in [2.05, 4.69) is 22.1 Å². The summed E-state index contributed by atoms with van der Waals surface area (Å²) >= 11 is 0. The van der Waals surface area contributed by atoms with Crippen LogP contribution in [0.4, 0.5) is 0 Å². The van der Waals surface area contributed by atoms with E-state index in [-0.39, 0.29) is 5.91 Å². The molecule has 1 aromatic heterocycles. The highest BCUT2D eigenvalue weighted by molar-refractivity contribution is 5.78. The van der Waals surface area contributed by atoms with Gasteiger partial charge in [0.05, 0.1) is 12.7 Å². The fourth-order valence-electron chi connectivity index (χ4n) is 2.69. The Bertz CT molecular complexity index is 423. The summed E-state index contributed by atoms with van der Waals surface area (Å²) in [6, 6.07) is 0.591. The highest BCUT2D eigenvalue weighted by Gasteiger charge is 2.22. The third-order valence-corrected chi connectivity index (χ3v) is 4.10. The molecule has 1 saturated carbocycles. The average Bonchev–Trinajstić information content (AvgIpc) is 3.01. The first-order valence-electron chi connectivity index (χ1n) is 7.01. The van der Waals surface area contributed by atoms with E-state index in [0.717, 1.165) is 11.3 Å². The lowest BCUT2D eigenvalue weighted by Gasteiger charge is -2.26. The number of rotatable bonds is 5. The molecular formula is C14H24N4O. The van der Waals surface area contributed by atoms with Gasteiger partial charge in [0.15, 0.2) is 0 Å². The van der Waals surface area contributed by atoms with Gasteiger partial charge in [-0.2, -0.15) is 5.10 Å². The molecule has 19 heavy (non-hydrogen) atoms. The largest absolute Gasteiger partial charge is 0.340 e. The van der Waals surface area contributed by atoms with Gasteiger partial charge >= 0.3 is 0 Å². The minimum Gasteiger partial charge on any atom is -0.340 e. The predicted octanol–water partition coefficient (Wildman–Crippen LogP) is 1.55. The van der Waals surface area contributed by atoms with Crippen molar-refractivity contribution in [3.63, 3.8) is 0 Å². The molecule has 106 valence electrons. The van der Waals surface area contributed by atoms with Crippen molar-refractivity contribution in [1.29, 1.82) is 0 Å². The smallest absolute Gasteiger partial charge is 0.236 e. The number of aromatic nitrogens is 2. The molecule has 0 unspecified atom stereocenters. The lowest BCUT2D eigenvalue weighted by molar-refractivity contribution is -0.131. The maximum atomic E-state index is 12.2. The van der Waals surface area contributed by atoms with Gasteiger partial charge in [0.1, 0.15) is 0 Å². The number of carbonyl (C=O) groups excluding carboxylic acids is 1. The fourth-order valence-corrected chi connectivity index (χ4v) is 2.69. The fraction of sp³-hybridized carbons (Fsp3) is 0.714. The number of aryl methyl sites for hydroxylation is 1. The van der Waals surface area contributed by atoms with E-state index >= 15 is 0 Å². The Morgan fingerprint density at radius 3 is 2.68 bits per heavy atom. The number of nitrogens with one attached hydrogen (secondary N) is 1. The Balaban J connectivity index is 1.83. The molecule has 1 heterocycles. The molecule has 1 aliphatic carbocycles. The summed E-state index contributed by atoms with van der Waals surface area (Å²) in [6.45, 7) is 3.11. The summed E-state index contributed by atoms with van der Waals surface area (Å²) in [5.74, 6) is 0.176. The number of hydrogen-bond donors (Lipinski definition) is 1. The number of aromatic amines is 1. The van der Waals surface area contributed by atoms with Gasteiger partial charge in [-0.25, -0.2) is 0 Å². The number of carbonyl (C=O) groups is 1. The van der Waals surface area contributed by atoms with E-state index in [1.54, 1.807) is 11.1 Å². The molecule has 1 amide bonds. The summed E-state index contributed by atoms with van der Waals surface area (Å²) in [5, 5.41) is 6.88. The minimum atomic E-state index is 0.176. The van der Waals surface area contributed by atoms with Crippen LogP contribution in [0.2, 0.25) is 0 Å². The molecule has 0 bridgehead atoms. The Kier molecular flexibility index (Phi) is 4.58. The summed E-state index contributed by atoms with van der Waals surface area (Å²) in [5.41, 5.74) is 2.11. The second-order valence-corrected chi connectivity index (χ2v) is 5.62. The van der Waals surface area contributed by atoms with E-state index in [1.165, 1.54) is 25.7 Å². The molecule has 5 heteroatoms. The zero-order chi connectivity index (χ0) is 13.8. The van der Waals surface area contributed by atoms with E-state index < -0.39 is 0 Å². The van der Waals surface area contributed by atoms with Crippen LogP contribution in [-0.4, -0.2) is 52.6 Å². The molecule has 1 aliphatic rings. The van der Waals surface area contributed by atoms with Crippen molar-refractivity contribution in [2.45, 2.75) is 45.2 Å². The standard InChI is InChI=1S/C14H24N4O/c1-11-12(8-15-16-11)9-18(3)14(19)10-17(2)13-6-4-5-7-13/h8,13H,4-7,9-10H2,1-3H3,(H,15,16). The van der Waals surface area contributed by atoms with Crippen LogP contribution in [0.25, 0.3) is 0 Å². The van der Waals surface area contributed by atoms with E-state index in [1.807, 2.05) is 14.0 Å². The summed E-state index contributed by atoms with van der Waals surface area (Å²) in [6.07, 6.45) is 6.85. The zero-order valence-electron chi connectivity index (χ0n) is 12.1. The van der Waals surface area contributed by atoms with Gasteiger partial charge in [-0.05, 0) is 26.8 Å².